The molecule has 1 aromatic carbocycles. The van der Waals surface area contributed by atoms with E-state index < -0.39 is 0 Å². The van der Waals surface area contributed by atoms with Crippen LogP contribution in [0.1, 0.15) is 11.1 Å². The van der Waals surface area contributed by atoms with Gasteiger partial charge < -0.3 is 4.29 Å². The van der Waals surface area contributed by atoms with E-state index in [2.05, 4.69) is 26.9 Å². The first kappa shape index (κ1) is 9.13. The van der Waals surface area contributed by atoms with Crippen LogP contribution >= 0.6 is 34.5 Å². The molecule has 60 valence electrons. The minimum absolute atomic E-state index is 0.740. The average Bonchev–Trinajstić information content (AvgIpc) is 1.97. The maximum Gasteiger partial charge on any atom is 0.149 e. The van der Waals surface area contributed by atoms with Crippen molar-refractivity contribution in [2.24, 2.45) is 0 Å². The van der Waals surface area contributed by atoms with Crippen molar-refractivity contribution in [3.05, 3.63) is 26.8 Å². The van der Waals surface area contributed by atoms with Crippen molar-refractivity contribution in [3.8, 4) is 5.75 Å². The van der Waals surface area contributed by atoms with Crippen molar-refractivity contribution in [1.29, 1.82) is 0 Å². The van der Waals surface area contributed by atoms with E-state index in [4.69, 9.17) is 11.9 Å². The molecule has 0 heterocycles. The van der Waals surface area contributed by atoms with Crippen LogP contribution in [0.3, 0.4) is 0 Å². The van der Waals surface area contributed by atoms with Crippen LogP contribution < -0.4 is 4.29 Å². The summed E-state index contributed by atoms with van der Waals surface area (Å²) < 4.78 is 5.88. The van der Waals surface area contributed by atoms with E-state index in [1.54, 1.807) is 0 Å². The summed E-state index contributed by atoms with van der Waals surface area (Å²) in [5, 5.41) is 0. The molecule has 1 aromatic rings. The fourth-order valence-corrected chi connectivity index (χ4v) is 1.63. The Labute approximate surface area is 85.0 Å². The zero-order valence-electron chi connectivity index (χ0n) is 6.32. The van der Waals surface area contributed by atoms with Crippen molar-refractivity contribution in [2.75, 3.05) is 0 Å². The SMILES string of the molecule is Cc1cc(OCl)c(C)cc1I. The molecule has 0 saturated carbocycles. The molecule has 0 saturated heterocycles. The first-order chi connectivity index (χ1) is 5.15. The Bertz CT molecular complexity index is 273. The van der Waals surface area contributed by atoms with Crippen molar-refractivity contribution >= 4 is 34.5 Å². The quantitative estimate of drug-likeness (QED) is 0.717. The lowest BCUT2D eigenvalue weighted by atomic mass is 10.1. The molecule has 0 atom stereocenters. The second-order valence-corrected chi connectivity index (χ2v) is 3.76. The third-order valence-electron chi connectivity index (χ3n) is 1.54. The molecule has 0 unspecified atom stereocenters. The summed E-state index contributed by atoms with van der Waals surface area (Å²) >= 11 is 7.54. The molecule has 0 aromatic heterocycles. The van der Waals surface area contributed by atoms with Crippen molar-refractivity contribution in [3.63, 3.8) is 0 Å². The van der Waals surface area contributed by atoms with E-state index in [9.17, 15) is 0 Å². The van der Waals surface area contributed by atoms with E-state index in [1.807, 2.05) is 26.0 Å². The number of rotatable bonds is 1. The number of aryl methyl sites for hydroxylation is 2. The lowest BCUT2D eigenvalue weighted by molar-refractivity contribution is 0.612. The minimum Gasteiger partial charge on any atom is -0.385 e. The first-order valence-electron chi connectivity index (χ1n) is 3.20. The Hall–Kier alpha value is 0.0400. The van der Waals surface area contributed by atoms with Gasteiger partial charge in [0, 0.05) is 3.57 Å². The number of benzene rings is 1. The Morgan fingerprint density at radius 1 is 1.27 bits per heavy atom. The molecule has 0 spiro atoms. The van der Waals surface area contributed by atoms with Crippen LogP contribution in [0.2, 0.25) is 0 Å². The molecule has 0 aliphatic carbocycles. The summed E-state index contributed by atoms with van der Waals surface area (Å²) in [5.41, 5.74) is 2.25. The third kappa shape index (κ3) is 1.99. The van der Waals surface area contributed by atoms with Gasteiger partial charge in [-0.25, -0.2) is 0 Å². The zero-order chi connectivity index (χ0) is 8.43. The van der Waals surface area contributed by atoms with Crippen LogP contribution in [0.5, 0.6) is 5.75 Å². The monoisotopic (exact) mass is 282 g/mol. The smallest absolute Gasteiger partial charge is 0.149 e. The van der Waals surface area contributed by atoms with Gasteiger partial charge >= 0.3 is 0 Å². The fraction of sp³-hybridized carbons (Fsp3) is 0.250. The molecule has 0 bridgehead atoms. The predicted octanol–water partition coefficient (Wildman–Crippen LogP) is 3.44. The van der Waals surface area contributed by atoms with Crippen LogP contribution in [-0.4, -0.2) is 0 Å². The summed E-state index contributed by atoms with van der Waals surface area (Å²) in [5.74, 6) is 0.740. The average molecular weight is 283 g/mol. The van der Waals surface area contributed by atoms with Crippen molar-refractivity contribution in [1.82, 2.24) is 0 Å². The highest BCUT2D eigenvalue weighted by Crippen LogP contribution is 2.24. The lowest BCUT2D eigenvalue weighted by Crippen LogP contribution is -1.86. The molecule has 3 heteroatoms. The molecule has 0 fully saturated rings. The zero-order valence-corrected chi connectivity index (χ0v) is 9.23. The van der Waals surface area contributed by atoms with Crippen LogP contribution in [0.25, 0.3) is 0 Å². The Morgan fingerprint density at radius 2 is 1.91 bits per heavy atom. The molecule has 1 rings (SSSR count). The molecule has 1 nitrogen and oxygen atoms in total. The highest BCUT2D eigenvalue weighted by molar-refractivity contribution is 14.1. The van der Waals surface area contributed by atoms with Gasteiger partial charge in [-0.15, -0.1) is 0 Å². The topological polar surface area (TPSA) is 9.23 Å². The van der Waals surface area contributed by atoms with Gasteiger partial charge in [0.05, 0.1) is 0 Å². The van der Waals surface area contributed by atoms with E-state index in [1.165, 1.54) is 9.13 Å². The molecule has 0 amide bonds. The molecular weight excluding hydrogens is 274 g/mol. The van der Waals surface area contributed by atoms with Gasteiger partial charge in [-0.3, -0.25) is 0 Å². The van der Waals surface area contributed by atoms with Crippen molar-refractivity contribution in [2.45, 2.75) is 13.8 Å². The van der Waals surface area contributed by atoms with Gasteiger partial charge in [0.2, 0.25) is 0 Å². The Morgan fingerprint density at radius 3 is 2.45 bits per heavy atom. The van der Waals surface area contributed by atoms with Crippen LogP contribution in [0.15, 0.2) is 12.1 Å². The van der Waals surface area contributed by atoms with Gasteiger partial charge in [0.1, 0.15) is 17.6 Å². The van der Waals surface area contributed by atoms with Gasteiger partial charge in [0.15, 0.2) is 0 Å². The predicted molar refractivity (Wildman–Crippen MR) is 55.1 cm³/mol. The van der Waals surface area contributed by atoms with E-state index in [0.29, 0.717) is 0 Å². The highest BCUT2D eigenvalue weighted by Gasteiger charge is 2.02. The normalized spacial score (nSPS) is 9.82. The van der Waals surface area contributed by atoms with Gasteiger partial charge in [-0.1, -0.05) is 0 Å². The fourth-order valence-electron chi connectivity index (χ4n) is 0.838. The van der Waals surface area contributed by atoms with Crippen LogP contribution in [0, 0.1) is 17.4 Å². The van der Waals surface area contributed by atoms with Crippen LogP contribution in [-0.2, 0) is 0 Å². The number of hydrogen-bond acceptors (Lipinski definition) is 1. The lowest BCUT2D eigenvalue weighted by Gasteiger charge is -2.04. The van der Waals surface area contributed by atoms with E-state index in [-0.39, 0.29) is 0 Å². The maximum absolute atomic E-state index is 5.25. The van der Waals surface area contributed by atoms with E-state index in [0.717, 1.165) is 11.3 Å². The summed E-state index contributed by atoms with van der Waals surface area (Å²) in [6.07, 6.45) is 0. The molecule has 0 aliphatic heterocycles. The number of hydrogen-bond donors (Lipinski definition) is 0. The summed E-state index contributed by atoms with van der Waals surface area (Å²) in [7, 11) is 0. The highest BCUT2D eigenvalue weighted by atomic mass is 127. The number of halogens is 2. The van der Waals surface area contributed by atoms with Gasteiger partial charge in [-0.2, -0.15) is 0 Å². The molecule has 11 heavy (non-hydrogen) atoms. The summed E-state index contributed by atoms with van der Waals surface area (Å²) in [6, 6.07) is 3.98. The van der Waals surface area contributed by atoms with Gasteiger partial charge in [0.25, 0.3) is 0 Å². The molecule has 0 radical (unpaired) electrons. The third-order valence-corrected chi connectivity index (χ3v) is 2.87. The first-order valence-corrected chi connectivity index (χ1v) is 4.59. The van der Waals surface area contributed by atoms with Crippen LogP contribution in [0.4, 0.5) is 0 Å². The second-order valence-electron chi connectivity index (χ2n) is 2.44. The minimum atomic E-state index is 0.740. The maximum atomic E-state index is 5.25. The Balaban J connectivity index is 3.21. The Kier molecular flexibility index (Phi) is 3.01. The molecular formula is C8H8ClIO. The largest absolute Gasteiger partial charge is 0.385 e. The summed E-state index contributed by atoms with van der Waals surface area (Å²) in [4.78, 5) is 0. The standard InChI is InChI=1S/C8H8ClIO/c1-5-4-8(11-9)6(2)3-7(5)10/h3-4H,1-2H3. The van der Waals surface area contributed by atoms with E-state index >= 15 is 0 Å². The summed E-state index contributed by atoms with van der Waals surface area (Å²) in [6.45, 7) is 4.00. The molecule has 0 N–H and O–H groups in total. The van der Waals surface area contributed by atoms with Gasteiger partial charge in [-0.05, 0) is 59.7 Å². The molecule has 0 aliphatic rings. The second kappa shape index (κ2) is 3.63. The van der Waals surface area contributed by atoms with Crippen molar-refractivity contribution < 1.29 is 4.29 Å².